The summed E-state index contributed by atoms with van der Waals surface area (Å²) in [6, 6.07) is 15.4. The van der Waals surface area contributed by atoms with Gasteiger partial charge in [0.1, 0.15) is 11.8 Å². The normalized spacial score (nSPS) is 11.8. The Morgan fingerprint density at radius 2 is 1.77 bits per heavy atom. The van der Waals surface area contributed by atoms with Crippen LogP contribution in [0.4, 0.5) is 0 Å². The molecule has 2 amide bonds. The van der Waals surface area contributed by atoms with Crippen molar-refractivity contribution in [3.8, 4) is 5.75 Å². The number of nitrogens with zero attached hydrogens (tertiary/aromatic N) is 1. The first-order valence-corrected chi connectivity index (χ1v) is 11.9. The standard InChI is InChI=1S/C25H34N2O3S/c1-6-23(25(29)26-18(2)3)27(15-20-11-13-22(30-5)14-12-20)24(28)17-31-16-21-10-8-7-9-19(21)4/h7-14,18,23H,6,15-17H2,1-5H3,(H,26,29)/t23-/m0/s1. The third-order valence-corrected chi connectivity index (χ3v) is 6.04. The molecule has 0 unspecified atom stereocenters. The maximum Gasteiger partial charge on any atom is 0.243 e. The minimum atomic E-state index is -0.504. The van der Waals surface area contributed by atoms with Gasteiger partial charge >= 0.3 is 0 Å². The number of nitrogens with one attached hydrogen (secondary N) is 1. The highest BCUT2D eigenvalue weighted by Gasteiger charge is 2.28. The van der Waals surface area contributed by atoms with E-state index < -0.39 is 6.04 Å². The van der Waals surface area contributed by atoms with Crippen LogP contribution in [0.5, 0.6) is 5.75 Å². The number of methoxy groups -OCH3 is 1. The zero-order valence-corrected chi connectivity index (χ0v) is 20.0. The summed E-state index contributed by atoms with van der Waals surface area (Å²) in [5, 5.41) is 2.96. The van der Waals surface area contributed by atoms with Crippen LogP contribution in [0.15, 0.2) is 48.5 Å². The van der Waals surface area contributed by atoms with E-state index in [-0.39, 0.29) is 17.9 Å². The molecule has 2 rings (SSSR count). The Bertz CT molecular complexity index is 852. The zero-order chi connectivity index (χ0) is 22.8. The average Bonchev–Trinajstić information content (AvgIpc) is 2.74. The molecule has 168 valence electrons. The van der Waals surface area contributed by atoms with Gasteiger partial charge in [0.25, 0.3) is 0 Å². The van der Waals surface area contributed by atoms with E-state index in [0.29, 0.717) is 18.7 Å². The molecule has 1 atom stereocenters. The fraction of sp³-hybridized carbons (Fsp3) is 0.440. The van der Waals surface area contributed by atoms with Gasteiger partial charge in [-0.05, 0) is 56.0 Å². The van der Waals surface area contributed by atoms with Crippen molar-refractivity contribution in [1.29, 1.82) is 0 Å². The largest absolute Gasteiger partial charge is 0.497 e. The number of hydrogen-bond acceptors (Lipinski definition) is 4. The highest BCUT2D eigenvalue weighted by atomic mass is 32.2. The maximum atomic E-state index is 13.2. The number of benzene rings is 2. The Hall–Kier alpha value is -2.47. The summed E-state index contributed by atoms with van der Waals surface area (Å²) < 4.78 is 5.23. The summed E-state index contributed by atoms with van der Waals surface area (Å²) in [5.41, 5.74) is 3.42. The molecule has 0 bridgehead atoms. The fourth-order valence-corrected chi connectivity index (χ4v) is 4.32. The van der Waals surface area contributed by atoms with Gasteiger partial charge in [0.2, 0.25) is 11.8 Å². The molecular formula is C25H34N2O3S. The van der Waals surface area contributed by atoms with Crippen LogP contribution in [-0.2, 0) is 21.9 Å². The van der Waals surface area contributed by atoms with Gasteiger partial charge in [0.05, 0.1) is 12.9 Å². The van der Waals surface area contributed by atoms with E-state index in [1.54, 1.807) is 23.8 Å². The molecule has 2 aromatic carbocycles. The van der Waals surface area contributed by atoms with E-state index in [2.05, 4.69) is 24.4 Å². The Morgan fingerprint density at radius 3 is 2.35 bits per heavy atom. The first-order chi connectivity index (χ1) is 14.8. The maximum absolute atomic E-state index is 13.2. The fourth-order valence-electron chi connectivity index (χ4n) is 3.33. The van der Waals surface area contributed by atoms with Gasteiger partial charge in [0.15, 0.2) is 0 Å². The molecule has 0 aliphatic rings. The predicted octanol–water partition coefficient (Wildman–Crippen LogP) is 4.57. The van der Waals surface area contributed by atoms with Gasteiger partial charge in [0, 0.05) is 18.3 Å². The average molecular weight is 443 g/mol. The lowest BCUT2D eigenvalue weighted by Gasteiger charge is -2.31. The van der Waals surface area contributed by atoms with E-state index in [4.69, 9.17) is 4.74 Å². The SMILES string of the molecule is CC[C@@H](C(=O)NC(C)C)N(Cc1ccc(OC)cc1)C(=O)CSCc1ccccc1C. The molecule has 0 spiro atoms. The second kappa shape index (κ2) is 12.4. The molecule has 0 aliphatic carbocycles. The molecular weight excluding hydrogens is 408 g/mol. The van der Waals surface area contributed by atoms with E-state index in [0.717, 1.165) is 17.1 Å². The zero-order valence-electron chi connectivity index (χ0n) is 19.2. The number of ether oxygens (including phenoxy) is 1. The van der Waals surface area contributed by atoms with Crippen LogP contribution in [0.1, 0.15) is 43.9 Å². The van der Waals surface area contributed by atoms with Crippen molar-refractivity contribution in [1.82, 2.24) is 10.2 Å². The van der Waals surface area contributed by atoms with Crippen LogP contribution >= 0.6 is 11.8 Å². The minimum Gasteiger partial charge on any atom is -0.497 e. The highest BCUT2D eigenvalue weighted by Crippen LogP contribution is 2.20. The molecule has 0 aromatic heterocycles. The Morgan fingerprint density at radius 1 is 1.10 bits per heavy atom. The highest BCUT2D eigenvalue weighted by molar-refractivity contribution is 7.99. The van der Waals surface area contributed by atoms with E-state index in [1.807, 2.05) is 57.2 Å². The predicted molar refractivity (Wildman–Crippen MR) is 128 cm³/mol. The van der Waals surface area contributed by atoms with Crippen molar-refractivity contribution in [2.75, 3.05) is 12.9 Å². The van der Waals surface area contributed by atoms with Gasteiger partial charge in [-0.1, -0.05) is 43.3 Å². The van der Waals surface area contributed by atoms with Crippen LogP contribution in [0, 0.1) is 6.92 Å². The van der Waals surface area contributed by atoms with Crippen LogP contribution in [0.2, 0.25) is 0 Å². The first kappa shape index (κ1) is 24.8. The Kier molecular flexibility index (Phi) is 9.92. The molecule has 0 fully saturated rings. The quantitative estimate of drug-likeness (QED) is 0.554. The first-order valence-electron chi connectivity index (χ1n) is 10.7. The summed E-state index contributed by atoms with van der Waals surface area (Å²) >= 11 is 1.58. The van der Waals surface area contributed by atoms with Crippen LogP contribution in [0.3, 0.4) is 0 Å². The van der Waals surface area contributed by atoms with Crippen molar-refractivity contribution in [3.05, 3.63) is 65.2 Å². The van der Waals surface area contributed by atoms with Crippen molar-refractivity contribution in [2.24, 2.45) is 0 Å². The Balaban J connectivity index is 2.14. The van der Waals surface area contributed by atoms with Crippen molar-refractivity contribution in [3.63, 3.8) is 0 Å². The molecule has 0 aliphatic heterocycles. The molecule has 5 nitrogen and oxygen atoms in total. The molecule has 0 heterocycles. The molecule has 6 heteroatoms. The second-order valence-corrected chi connectivity index (χ2v) is 8.86. The van der Waals surface area contributed by atoms with Crippen LogP contribution < -0.4 is 10.1 Å². The Labute approximate surface area is 190 Å². The minimum absolute atomic E-state index is 0.0231. The molecule has 1 N–H and O–H groups in total. The van der Waals surface area contributed by atoms with Crippen LogP contribution in [-0.4, -0.2) is 41.7 Å². The number of hydrogen-bond donors (Lipinski definition) is 1. The molecule has 0 radical (unpaired) electrons. The van der Waals surface area contributed by atoms with E-state index >= 15 is 0 Å². The number of rotatable bonds is 11. The van der Waals surface area contributed by atoms with E-state index in [1.165, 1.54) is 11.1 Å². The number of aryl methyl sites for hydroxylation is 1. The number of amides is 2. The lowest BCUT2D eigenvalue weighted by Crippen LogP contribution is -2.50. The number of carbonyl (C=O) groups is 2. The summed E-state index contributed by atoms with van der Waals surface area (Å²) in [6.07, 6.45) is 0.558. The molecule has 2 aromatic rings. The molecule has 0 saturated heterocycles. The van der Waals surface area contributed by atoms with E-state index in [9.17, 15) is 9.59 Å². The van der Waals surface area contributed by atoms with Gasteiger partial charge in [-0.15, -0.1) is 11.8 Å². The third kappa shape index (κ3) is 7.62. The van der Waals surface area contributed by atoms with Crippen LogP contribution in [0.25, 0.3) is 0 Å². The van der Waals surface area contributed by atoms with Gasteiger partial charge in [-0.2, -0.15) is 0 Å². The number of thioether (sulfide) groups is 1. The lowest BCUT2D eigenvalue weighted by molar-refractivity contribution is -0.139. The number of carbonyl (C=O) groups excluding carboxylic acids is 2. The van der Waals surface area contributed by atoms with Gasteiger partial charge in [-0.25, -0.2) is 0 Å². The third-order valence-electron chi connectivity index (χ3n) is 5.07. The summed E-state index contributed by atoms with van der Waals surface area (Å²) in [7, 11) is 1.62. The van der Waals surface area contributed by atoms with Gasteiger partial charge < -0.3 is 15.0 Å². The summed E-state index contributed by atoms with van der Waals surface area (Å²) in [5.74, 6) is 1.73. The van der Waals surface area contributed by atoms with Gasteiger partial charge in [-0.3, -0.25) is 9.59 Å². The lowest BCUT2D eigenvalue weighted by atomic mass is 10.1. The topological polar surface area (TPSA) is 58.6 Å². The van der Waals surface area contributed by atoms with Crippen molar-refractivity contribution in [2.45, 2.75) is 58.5 Å². The smallest absolute Gasteiger partial charge is 0.243 e. The molecule has 31 heavy (non-hydrogen) atoms. The monoisotopic (exact) mass is 442 g/mol. The van der Waals surface area contributed by atoms with Crippen molar-refractivity contribution < 1.29 is 14.3 Å². The summed E-state index contributed by atoms with van der Waals surface area (Å²) in [6.45, 7) is 8.27. The molecule has 0 saturated carbocycles. The summed E-state index contributed by atoms with van der Waals surface area (Å²) in [4.78, 5) is 27.8. The second-order valence-electron chi connectivity index (χ2n) is 7.88. The van der Waals surface area contributed by atoms with Crippen molar-refractivity contribution >= 4 is 23.6 Å².